The van der Waals surface area contributed by atoms with Gasteiger partial charge in [-0.05, 0) is 127 Å². The number of nitrogens with two attached hydrogens (primary N) is 1. The number of benzene rings is 2. The molecule has 2 aromatic carbocycles. The van der Waals surface area contributed by atoms with Crippen molar-refractivity contribution in [3.8, 4) is 17.2 Å². The minimum atomic E-state index is -1.04. The molecular formula is C17H13I4NO6. The van der Waals surface area contributed by atoms with Crippen LogP contribution in [0.1, 0.15) is 5.56 Å². The third-order valence-electron chi connectivity index (χ3n) is 3.36. The molecule has 0 aliphatic rings. The second-order valence-corrected chi connectivity index (χ2v) is 10.2. The molecule has 11 heteroatoms. The van der Waals surface area contributed by atoms with E-state index >= 15 is 0 Å². The lowest BCUT2D eigenvalue weighted by atomic mass is 10.1. The topological polar surface area (TPSA) is 119 Å². The van der Waals surface area contributed by atoms with Gasteiger partial charge in [-0.1, -0.05) is 0 Å². The summed E-state index contributed by atoms with van der Waals surface area (Å²) in [5, 5.41) is 17.8. The van der Waals surface area contributed by atoms with Gasteiger partial charge in [0.2, 0.25) is 0 Å². The average molecular weight is 835 g/mol. The van der Waals surface area contributed by atoms with Crippen molar-refractivity contribution < 1.29 is 29.3 Å². The summed E-state index contributed by atoms with van der Waals surface area (Å²) in [5.74, 6) is -0.348. The van der Waals surface area contributed by atoms with Gasteiger partial charge in [0.05, 0.1) is 14.3 Å². The van der Waals surface area contributed by atoms with Crippen LogP contribution >= 0.6 is 90.4 Å². The zero-order chi connectivity index (χ0) is 21.0. The van der Waals surface area contributed by atoms with E-state index in [4.69, 9.17) is 25.4 Å². The lowest BCUT2D eigenvalue weighted by molar-refractivity contribution is -0.139. The number of carboxylic acids is 2. The number of ether oxygens (including phenoxy) is 2. The zero-order valence-electron chi connectivity index (χ0n) is 13.9. The van der Waals surface area contributed by atoms with Crippen LogP contribution in [-0.4, -0.2) is 34.8 Å². The molecule has 0 radical (unpaired) electrons. The Morgan fingerprint density at radius 1 is 0.929 bits per heavy atom. The molecule has 0 saturated heterocycles. The minimum Gasteiger partial charge on any atom is -0.480 e. The Hall–Kier alpha value is -0.140. The molecule has 0 aromatic heterocycles. The van der Waals surface area contributed by atoms with Gasteiger partial charge in [0.1, 0.15) is 17.5 Å². The maximum Gasteiger partial charge on any atom is 0.341 e. The largest absolute Gasteiger partial charge is 0.480 e. The Kier molecular flexibility index (Phi) is 9.27. The summed E-state index contributed by atoms with van der Waals surface area (Å²) >= 11 is 8.40. The Labute approximate surface area is 215 Å². The van der Waals surface area contributed by atoms with Crippen molar-refractivity contribution in [3.05, 3.63) is 44.1 Å². The highest BCUT2D eigenvalue weighted by Gasteiger charge is 2.17. The number of carboxylic acid groups (broad SMARTS) is 2. The predicted molar refractivity (Wildman–Crippen MR) is 136 cm³/mol. The third kappa shape index (κ3) is 6.69. The summed E-state index contributed by atoms with van der Waals surface area (Å²) in [6.07, 6.45) is 0.229. The van der Waals surface area contributed by atoms with Gasteiger partial charge in [-0.2, -0.15) is 0 Å². The average Bonchev–Trinajstić information content (AvgIpc) is 2.57. The lowest BCUT2D eigenvalue weighted by Crippen LogP contribution is -2.32. The molecule has 0 spiro atoms. The standard InChI is InChI=1S/C17H13I4NO6/c18-9-1-7(3-13(22)17(25)26)2-10(19)16(9)28-8-4-11(20)15(12(21)5-8)27-6-14(23)24/h1-2,4-5,13H,3,6,22H2,(H,23,24)(H,25,26). The van der Waals surface area contributed by atoms with Crippen LogP contribution in [0.2, 0.25) is 0 Å². The van der Waals surface area contributed by atoms with Crippen molar-refractivity contribution in [2.75, 3.05) is 6.61 Å². The summed E-state index contributed by atoms with van der Waals surface area (Å²) in [4.78, 5) is 21.7. The van der Waals surface area contributed by atoms with Gasteiger partial charge < -0.3 is 25.4 Å². The van der Waals surface area contributed by atoms with E-state index in [1.54, 1.807) is 12.1 Å². The predicted octanol–water partition coefficient (Wildman–Crippen LogP) is 4.32. The van der Waals surface area contributed by atoms with E-state index in [1.807, 2.05) is 12.1 Å². The quantitative estimate of drug-likeness (QED) is 0.340. The number of hydrogen-bond donors (Lipinski definition) is 3. The second-order valence-electron chi connectivity index (χ2n) is 5.54. The van der Waals surface area contributed by atoms with Gasteiger partial charge in [-0.15, -0.1) is 0 Å². The fourth-order valence-corrected chi connectivity index (χ4v) is 6.29. The van der Waals surface area contributed by atoms with Crippen LogP contribution in [0, 0.1) is 14.3 Å². The van der Waals surface area contributed by atoms with Gasteiger partial charge in [0.25, 0.3) is 0 Å². The number of hydrogen-bond acceptors (Lipinski definition) is 5. The van der Waals surface area contributed by atoms with Crippen molar-refractivity contribution in [2.24, 2.45) is 5.73 Å². The number of halogens is 4. The molecule has 1 atom stereocenters. The molecule has 0 bridgehead atoms. The molecule has 2 rings (SSSR count). The number of rotatable bonds is 8. The van der Waals surface area contributed by atoms with Crippen molar-refractivity contribution >= 4 is 102 Å². The molecule has 1 unspecified atom stereocenters. The minimum absolute atomic E-state index is 0.229. The van der Waals surface area contributed by atoms with Crippen LogP contribution in [-0.2, 0) is 16.0 Å². The number of carbonyl (C=O) groups is 2. The molecule has 2 aromatic rings. The Bertz CT molecular complexity index is 875. The molecule has 7 nitrogen and oxygen atoms in total. The lowest BCUT2D eigenvalue weighted by Gasteiger charge is -2.15. The molecule has 0 saturated carbocycles. The smallest absolute Gasteiger partial charge is 0.341 e. The van der Waals surface area contributed by atoms with Crippen molar-refractivity contribution in [1.82, 2.24) is 0 Å². The first kappa shape index (κ1) is 24.1. The molecule has 0 amide bonds. The van der Waals surface area contributed by atoms with E-state index in [1.165, 1.54) is 0 Å². The van der Waals surface area contributed by atoms with Gasteiger partial charge in [-0.25, -0.2) is 4.79 Å². The molecular weight excluding hydrogens is 822 g/mol. The maximum absolute atomic E-state index is 11.0. The summed E-state index contributed by atoms with van der Waals surface area (Å²) in [6.45, 7) is -0.415. The highest BCUT2D eigenvalue weighted by Crippen LogP contribution is 2.37. The molecule has 0 aliphatic carbocycles. The van der Waals surface area contributed by atoms with Crippen molar-refractivity contribution in [1.29, 1.82) is 0 Å². The van der Waals surface area contributed by atoms with E-state index in [0.29, 0.717) is 17.2 Å². The van der Waals surface area contributed by atoms with Crippen LogP contribution in [0.25, 0.3) is 0 Å². The highest BCUT2D eigenvalue weighted by molar-refractivity contribution is 14.1. The SMILES string of the molecule is NC(Cc1cc(I)c(Oc2cc(I)c(OCC(=O)O)c(I)c2)c(I)c1)C(=O)O. The molecule has 28 heavy (non-hydrogen) atoms. The molecule has 4 N–H and O–H groups in total. The molecule has 0 aliphatic heterocycles. The zero-order valence-corrected chi connectivity index (χ0v) is 22.5. The van der Waals surface area contributed by atoms with E-state index in [0.717, 1.165) is 19.8 Å². The normalized spacial score (nSPS) is 11.8. The van der Waals surface area contributed by atoms with Crippen LogP contribution in [0.15, 0.2) is 24.3 Å². The fraction of sp³-hybridized carbons (Fsp3) is 0.176. The first-order valence-corrected chi connectivity index (χ1v) is 11.9. The van der Waals surface area contributed by atoms with Crippen molar-refractivity contribution in [2.45, 2.75) is 12.5 Å². The highest BCUT2D eigenvalue weighted by atomic mass is 127. The first-order chi connectivity index (χ1) is 13.1. The molecule has 150 valence electrons. The third-order valence-corrected chi connectivity index (χ3v) is 6.57. The summed E-state index contributed by atoms with van der Waals surface area (Å²) in [5.41, 5.74) is 6.43. The van der Waals surface area contributed by atoms with E-state index < -0.39 is 24.6 Å². The van der Waals surface area contributed by atoms with Crippen LogP contribution in [0.4, 0.5) is 0 Å². The first-order valence-electron chi connectivity index (χ1n) is 7.56. The van der Waals surface area contributed by atoms with Crippen LogP contribution < -0.4 is 15.2 Å². The van der Waals surface area contributed by atoms with Gasteiger partial charge in [0, 0.05) is 0 Å². The molecule has 0 fully saturated rings. The van der Waals surface area contributed by atoms with Crippen molar-refractivity contribution in [3.63, 3.8) is 0 Å². The summed E-state index contributed by atoms with van der Waals surface area (Å²) in [6, 6.07) is 6.27. The van der Waals surface area contributed by atoms with Crippen LogP contribution in [0.3, 0.4) is 0 Å². The van der Waals surface area contributed by atoms with E-state index in [-0.39, 0.29) is 6.42 Å². The summed E-state index contributed by atoms with van der Waals surface area (Å²) in [7, 11) is 0. The Morgan fingerprint density at radius 2 is 1.43 bits per heavy atom. The van der Waals surface area contributed by atoms with E-state index in [9.17, 15) is 9.59 Å². The van der Waals surface area contributed by atoms with Crippen LogP contribution in [0.5, 0.6) is 17.2 Å². The summed E-state index contributed by atoms with van der Waals surface area (Å²) < 4.78 is 14.5. The van der Waals surface area contributed by atoms with Gasteiger partial charge >= 0.3 is 11.9 Å². The molecule has 0 heterocycles. The Balaban J connectivity index is 2.25. The van der Waals surface area contributed by atoms with Gasteiger partial charge in [0.15, 0.2) is 12.4 Å². The maximum atomic E-state index is 11.0. The van der Waals surface area contributed by atoms with Gasteiger partial charge in [-0.3, -0.25) is 4.79 Å². The van der Waals surface area contributed by atoms with E-state index in [2.05, 4.69) is 90.4 Å². The number of aliphatic carboxylic acids is 2. The monoisotopic (exact) mass is 835 g/mol. The fourth-order valence-electron chi connectivity index (χ4n) is 2.15. The Morgan fingerprint density at radius 3 is 1.89 bits per heavy atom. The second kappa shape index (κ2) is 10.8.